The van der Waals surface area contributed by atoms with Crippen LogP contribution in [-0.4, -0.2) is 27.8 Å². The van der Waals surface area contributed by atoms with Gasteiger partial charge in [0.2, 0.25) is 0 Å². The summed E-state index contributed by atoms with van der Waals surface area (Å²) in [5, 5.41) is 19.6. The van der Waals surface area contributed by atoms with Crippen molar-refractivity contribution in [2.24, 2.45) is 23.0 Å². The van der Waals surface area contributed by atoms with E-state index in [1.807, 2.05) is 0 Å². The van der Waals surface area contributed by atoms with Gasteiger partial charge in [-0.15, -0.1) is 0 Å². The van der Waals surface area contributed by atoms with Crippen LogP contribution in [0.15, 0.2) is 0 Å². The SMILES string of the molecule is N[C@@H](C(=O)O)C12CC3CC(CC(O)(C3)C1)C2. The minimum Gasteiger partial charge on any atom is -0.480 e. The van der Waals surface area contributed by atoms with Crippen molar-refractivity contribution >= 4 is 5.97 Å². The number of nitrogens with two attached hydrogens (primary N) is 1. The maximum atomic E-state index is 11.1. The Balaban J connectivity index is 1.94. The van der Waals surface area contributed by atoms with Crippen LogP contribution in [0.25, 0.3) is 0 Å². The van der Waals surface area contributed by atoms with Gasteiger partial charge in [-0.2, -0.15) is 0 Å². The van der Waals surface area contributed by atoms with E-state index < -0.39 is 17.6 Å². The van der Waals surface area contributed by atoms with E-state index in [2.05, 4.69) is 0 Å². The van der Waals surface area contributed by atoms with E-state index in [1.165, 1.54) is 0 Å². The summed E-state index contributed by atoms with van der Waals surface area (Å²) in [5.41, 5.74) is 4.92. The molecule has 0 heterocycles. The van der Waals surface area contributed by atoms with Crippen molar-refractivity contribution in [3.63, 3.8) is 0 Å². The van der Waals surface area contributed by atoms with Gasteiger partial charge in [0, 0.05) is 0 Å². The fourth-order valence-corrected chi connectivity index (χ4v) is 4.91. The summed E-state index contributed by atoms with van der Waals surface area (Å²) < 4.78 is 0. The summed E-state index contributed by atoms with van der Waals surface area (Å²) >= 11 is 0. The topological polar surface area (TPSA) is 83.6 Å². The molecular weight excluding hydrogens is 206 g/mol. The van der Waals surface area contributed by atoms with Gasteiger partial charge in [0.15, 0.2) is 0 Å². The molecule has 16 heavy (non-hydrogen) atoms. The Labute approximate surface area is 94.8 Å². The summed E-state index contributed by atoms with van der Waals surface area (Å²) in [5.74, 6) is 0.0823. The van der Waals surface area contributed by atoms with Crippen LogP contribution in [0.2, 0.25) is 0 Å². The van der Waals surface area contributed by atoms with E-state index in [1.54, 1.807) is 0 Å². The Morgan fingerprint density at radius 2 is 1.81 bits per heavy atom. The van der Waals surface area contributed by atoms with Crippen molar-refractivity contribution in [3.05, 3.63) is 0 Å². The molecule has 0 saturated heterocycles. The minimum absolute atomic E-state index is 0.329. The standard InChI is InChI=1S/C12H19NO3/c13-9(10(14)15)11-2-7-1-8(3-11)5-12(16,4-7)6-11/h7-9,16H,1-6,13H2,(H,14,15)/t7?,8?,9-,11?,12?/m0/s1. The quantitative estimate of drug-likeness (QED) is 0.647. The van der Waals surface area contributed by atoms with E-state index in [4.69, 9.17) is 10.8 Å². The highest BCUT2D eigenvalue weighted by atomic mass is 16.4. The molecule has 3 atom stereocenters. The van der Waals surface area contributed by atoms with Crippen molar-refractivity contribution in [1.29, 1.82) is 0 Å². The van der Waals surface area contributed by atoms with Gasteiger partial charge in [0.05, 0.1) is 5.60 Å². The van der Waals surface area contributed by atoms with Crippen molar-refractivity contribution < 1.29 is 15.0 Å². The van der Waals surface area contributed by atoms with Crippen molar-refractivity contribution in [3.8, 4) is 0 Å². The molecule has 0 aromatic rings. The molecule has 4 aliphatic carbocycles. The molecule has 4 N–H and O–H groups in total. The number of hydrogen-bond acceptors (Lipinski definition) is 3. The highest BCUT2D eigenvalue weighted by Crippen LogP contribution is 2.62. The van der Waals surface area contributed by atoms with Gasteiger partial charge in [-0.3, -0.25) is 4.79 Å². The average Bonchev–Trinajstić information content (AvgIpc) is 2.12. The van der Waals surface area contributed by atoms with Crippen LogP contribution in [0, 0.1) is 17.3 Å². The van der Waals surface area contributed by atoms with Crippen LogP contribution in [0.3, 0.4) is 0 Å². The van der Waals surface area contributed by atoms with Crippen LogP contribution in [0.5, 0.6) is 0 Å². The molecule has 2 unspecified atom stereocenters. The highest BCUT2D eigenvalue weighted by molar-refractivity contribution is 5.74. The van der Waals surface area contributed by atoms with Gasteiger partial charge in [-0.05, 0) is 55.8 Å². The maximum Gasteiger partial charge on any atom is 0.321 e. The molecule has 4 fully saturated rings. The Kier molecular flexibility index (Phi) is 1.97. The highest BCUT2D eigenvalue weighted by Gasteiger charge is 2.60. The predicted molar refractivity (Wildman–Crippen MR) is 57.7 cm³/mol. The van der Waals surface area contributed by atoms with Crippen LogP contribution < -0.4 is 5.73 Å². The Bertz CT molecular complexity index is 327. The minimum atomic E-state index is -0.912. The second kappa shape index (κ2) is 2.99. The summed E-state index contributed by atoms with van der Waals surface area (Å²) in [7, 11) is 0. The number of carboxylic acid groups (broad SMARTS) is 1. The van der Waals surface area contributed by atoms with Crippen molar-refractivity contribution in [2.75, 3.05) is 0 Å². The summed E-state index contributed by atoms with van der Waals surface area (Å²) in [6.07, 6.45) is 5.28. The van der Waals surface area contributed by atoms with Crippen LogP contribution in [0.1, 0.15) is 38.5 Å². The Hall–Kier alpha value is -0.610. The molecule has 0 aliphatic heterocycles. The van der Waals surface area contributed by atoms with Gasteiger partial charge in [0.1, 0.15) is 6.04 Å². The molecule has 4 heteroatoms. The molecule has 0 radical (unpaired) electrons. The molecule has 4 rings (SSSR count). The first-order valence-corrected chi connectivity index (χ1v) is 6.13. The number of carboxylic acids is 1. The molecule has 4 nitrogen and oxygen atoms in total. The van der Waals surface area contributed by atoms with Crippen LogP contribution in [-0.2, 0) is 4.79 Å². The van der Waals surface area contributed by atoms with Gasteiger partial charge in [0.25, 0.3) is 0 Å². The maximum absolute atomic E-state index is 11.1. The van der Waals surface area contributed by atoms with Gasteiger partial charge < -0.3 is 15.9 Å². The van der Waals surface area contributed by atoms with Gasteiger partial charge in [-0.1, -0.05) is 0 Å². The van der Waals surface area contributed by atoms with E-state index in [0.717, 1.165) is 32.1 Å². The third-order valence-corrected chi connectivity index (χ3v) is 5.00. The van der Waals surface area contributed by atoms with E-state index in [-0.39, 0.29) is 5.41 Å². The second-order valence-corrected chi connectivity index (χ2v) is 6.36. The molecule has 0 amide bonds. The second-order valence-electron chi connectivity index (χ2n) is 6.36. The molecule has 4 bridgehead atoms. The Morgan fingerprint density at radius 3 is 2.25 bits per heavy atom. The molecular formula is C12H19NO3. The molecule has 4 aliphatic rings. The van der Waals surface area contributed by atoms with Crippen LogP contribution in [0.4, 0.5) is 0 Å². The third kappa shape index (κ3) is 1.32. The Morgan fingerprint density at radius 1 is 1.25 bits per heavy atom. The first-order valence-electron chi connectivity index (χ1n) is 6.13. The number of carbonyl (C=O) groups is 1. The molecule has 4 saturated carbocycles. The third-order valence-electron chi connectivity index (χ3n) is 5.00. The molecule has 0 aromatic carbocycles. The van der Waals surface area contributed by atoms with Crippen molar-refractivity contribution in [2.45, 2.75) is 50.2 Å². The lowest BCUT2D eigenvalue weighted by atomic mass is 9.46. The first-order chi connectivity index (χ1) is 7.42. The largest absolute Gasteiger partial charge is 0.480 e. The fraction of sp³-hybridized carbons (Fsp3) is 0.917. The van der Waals surface area contributed by atoms with Crippen molar-refractivity contribution in [1.82, 2.24) is 0 Å². The number of hydrogen-bond donors (Lipinski definition) is 3. The van der Waals surface area contributed by atoms with Crippen LogP contribution >= 0.6 is 0 Å². The average molecular weight is 225 g/mol. The van der Waals surface area contributed by atoms with E-state index in [9.17, 15) is 9.90 Å². The zero-order valence-electron chi connectivity index (χ0n) is 9.35. The summed E-state index contributed by atoms with van der Waals surface area (Å²) in [6.45, 7) is 0. The van der Waals surface area contributed by atoms with Gasteiger partial charge >= 0.3 is 5.97 Å². The lowest BCUT2D eigenvalue weighted by Gasteiger charge is -2.61. The lowest BCUT2D eigenvalue weighted by molar-refractivity contribution is -0.179. The fourth-order valence-electron chi connectivity index (χ4n) is 4.91. The van der Waals surface area contributed by atoms with Gasteiger partial charge in [-0.25, -0.2) is 0 Å². The number of aliphatic hydroxyl groups is 1. The van der Waals surface area contributed by atoms with E-state index in [0.29, 0.717) is 18.3 Å². The molecule has 0 spiro atoms. The number of rotatable bonds is 2. The normalized spacial score (nSPS) is 51.6. The first kappa shape index (κ1) is 10.5. The zero-order chi connectivity index (χ0) is 11.6. The summed E-state index contributed by atoms with van der Waals surface area (Å²) in [4.78, 5) is 11.1. The molecule has 0 aromatic heterocycles. The summed E-state index contributed by atoms with van der Waals surface area (Å²) in [6, 6.07) is -0.801. The lowest BCUT2D eigenvalue weighted by Crippen LogP contribution is -2.62. The molecule has 90 valence electrons. The monoisotopic (exact) mass is 225 g/mol. The number of aliphatic carboxylic acids is 1. The zero-order valence-corrected chi connectivity index (χ0v) is 9.35. The smallest absolute Gasteiger partial charge is 0.321 e. The predicted octanol–water partition coefficient (Wildman–Crippen LogP) is 0.730. The van der Waals surface area contributed by atoms with E-state index >= 15 is 0 Å².